The molecular formula is C5H10N2O. The molecule has 3 nitrogen and oxygen atoms in total. The van der Waals surface area contributed by atoms with Gasteiger partial charge in [0.2, 0.25) is 0 Å². The van der Waals surface area contributed by atoms with Crippen LogP contribution in [0.15, 0.2) is 17.6 Å². The van der Waals surface area contributed by atoms with Crippen LogP contribution in [-0.2, 0) is 0 Å². The van der Waals surface area contributed by atoms with Crippen LogP contribution in [0, 0.1) is 0 Å². The third kappa shape index (κ3) is 1.75. The molecule has 0 saturated carbocycles. The Balaban J connectivity index is 3.81. The second-order valence-electron chi connectivity index (χ2n) is 1.33. The Morgan fingerprint density at radius 2 is 2.50 bits per heavy atom. The molecule has 46 valence electrons. The number of aliphatic hydroxyl groups is 1. The predicted molar refractivity (Wildman–Crippen MR) is 33.8 cm³/mol. The van der Waals surface area contributed by atoms with Crippen molar-refractivity contribution in [1.29, 1.82) is 0 Å². The fourth-order valence-corrected chi connectivity index (χ4v) is 0.253. The Morgan fingerprint density at radius 3 is 2.62 bits per heavy atom. The first-order chi connectivity index (χ1) is 3.72. The molecule has 0 aromatic heterocycles. The molecule has 0 aliphatic rings. The lowest BCUT2D eigenvalue weighted by atomic mass is 10.3. The highest BCUT2D eigenvalue weighted by molar-refractivity contribution is 5.86. The largest absolute Gasteiger partial charge is 0.385 e. The van der Waals surface area contributed by atoms with Crippen molar-refractivity contribution >= 4 is 5.84 Å². The Hall–Kier alpha value is -0.830. The number of aliphatic imine (C=N–C) groups is 1. The molecule has 0 fully saturated rings. The summed E-state index contributed by atoms with van der Waals surface area (Å²) >= 11 is 0. The number of rotatable bonds is 2. The average molecular weight is 114 g/mol. The summed E-state index contributed by atoms with van der Waals surface area (Å²) in [6, 6.07) is 0. The van der Waals surface area contributed by atoms with Crippen LogP contribution in [0.5, 0.6) is 0 Å². The number of nitrogens with two attached hydrogens (primary N) is 1. The second kappa shape index (κ2) is 3.21. The first kappa shape index (κ1) is 7.17. The number of amidine groups is 1. The molecule has 3 heteroatoms. The summed E-state index contributed by atoms with van der Waals surface area (Å²) in [7, 11) is 1.52. The van der Waals surface area contributed by atoms with E-state index in [1.807, 2.05) is 0 Å². The van der Waals surface area contributed by atoms with E-state index in [0.717, 1.165) is 0 Å². The van der Waals surface area contributed by atoms with Gasteiger partial charge < -0.3 is 10.8 Å². The van der Waals surface area contributed by atoms with Crippen molar-refractivity contribution in [2.24, 2.45) is 10.7 Å². The topological polar surface area (TPSA) is 58.6 Å². The summed E-state index contributed by atoms with van der Waals surface area (Å²) < 4.78 is 0. The van der Waals surface area contributed by atoms with Gasteiger partial charge in [0.25, 0.3) is 0 Å². The standard InChI is InChI=1S/C5H10N2O/c1-3-4(8)5(6)7-2/h3-4,8H,1H2,2H3,(H2,6,7). The molecular weight excluding hydrogens is 104 g/mol. The predicted octanol–water partition coefficient (Wildman–Crippen LogP) is -0.480. The third-order valence-corrected chi connectivity index (χ3v) is 0.784. The van der Waals surface area contributed by atoms with Gasteiger partial charge in [-0.1, -0.05) is 6.08 Å². The summed E-state index contributed by atoms with van der Waals surface area (Å²) in [4.78, 5) is 3.53. The van der Waals surface area contributed by atoms with Crippen LogP contribution in [0.4, 0.5) is 0 Å². The molecule has 0 heterocycles. The summed E-state index contributed by atoms with van der Waals surface area (Å²) in [5.74, 6) is 0.194. The fourth-order valence-electron chi connectivity index (χ4n) is 0.253. The van der Waals surface area contributed by atoms with Gasteiger partial charge in [0.1, 0.15) is 11.9 Å². The highest BCUT2D eigenvalue weighted by atomic mass is 16.3. The van der Waals surface area contributed by atoms with Crippen LogP contribution in [0.25, 0.3) is 0 Å². The molecule has 8 heavy (non-hydrogen) atoms. The first-order valence-corrected chi connectivity index (χ1v) is 2.25. The smallest absolute Gasteiger partial charge is 0.128 e. The first-order valence-electron chi connectivity index (χ1n) is 2.25. The Bertz CT molecular complexity index is 109. The van der Waals surface area contributed by atoms with Gasteiger partial charge in [0.05, 0.1) is 0 Å². The summed E-state index contributed by atoms with van der Waals surface area (Å²) in [5.41, 5.74) is 5.16. The van der Waals surface area contributed by atoms with Crippen LogP contribution >= 0.6 is 0 Å². The quantitative estimate of drug-likeness (QED) is 0.289. The highest BCUT2D eigenvalue weighted by Crippen LogP contribution is 1.80. The van der Waals surface area contributed by atoms with Gasteiger partial charge in [-0.3, -0.25) is 4.99 Å². The normalized spacial score (nSPS) is 15.5. The Kier molecular flexibility index (Phi) is 2.88. The zero-order chi connectivity index (χ0) is 6.57. The van der Waals surface area contributed by atoms with Crippen molar-refractivity contribution < 1.29 is 5.11 Å². The molecule has 0 aromatic carbocycles. The molecule has 0 aliphatic carbocycles. The molecule has 1 unspecified atom stereocenters. The molecule has 3 N–H and O–H groups in total. The molecule has 1 atom stereocenters. The number of nitrogens with zero attached hydrogens (tertiary/aromatic N) is 1. The van der Waals surface area contributed by atoms with Gasteiger partial charge in [-0.05, 0) is 0 Å². The highest BCUT2D eigenvalue weighted by Gasteiger charge is 1.98. The molecule has 0 bridgehead atoms. The molecule has 0 aliphatic heterocycles. The van der Waals surface area contributed by atoms with E-state index in [1.54, 1.807) is 0 Å². The van der Waals surface area contributed by atoms with E-state index in [2.05, 4.69) is 11.6 Å². The molecule has 0 rings (SSSR count). The van der Waals surface area contributed by atoms with E-state index in [0.29, 0.717) is 0 Å². The molecule has 0 aromatic rings. The van der Waals surface area contributed by atoms with E-state index >= 15 is 0 Å². The van der Waals surface area contributed by atoms with E-state index in [4.69, 9.17) is 10.8 Å². The third-order valence-electron chi connectivity index (χ3n) is 0.784. The van der Waals surface area contributed by atoms with Crippen LogP contribution in [-0.4, -0.2) is 24.1 Å². The molecule has 0 saturated heterocycles. The van der Waals surface area contributed by atoms with Crippen LogP contribution < -0.4 is 5.73 Å². The number of hydrogen-bond donors (Lipinski definition) is 2. The average Bonchev–Trinajstić information content (AvgIpc) is 1.84. The maximum Gasteiger partial charge on any atom is 0.128 e. The maximum absolute atomic E-state index is 8.75. The van der Waals surface area contributed by atoms with Gasteiger partial charge in [0, 0.05) is 7.05 Å². The summed E-state index contributed by atoms with van der Waals surface area (Å²) in [6.45, 7) is 3.32. The SMILES string of the molecule is C=CC(O)C(N)=NC. The van der Waals surface area contributed by atoms with E-state index in [1.165, 1.54) is 13.1 Å². The fraction of sp³-hybridized carbons (Fsp3) is 0.400. The second-order valence-corrected chi connectivity index (χ2v) is 1.33. The van der Waals surface area contributed by atoms with Crippen molar-refractivity contribution in [2.45, 2.75) is 6.10 Å². The lowest BCUT2D eigenvalue weighted by molar-refractivity contribution is 0.288. The molecule has 0 radical (unpaired) electrons. The zero-order valence-electron chi connectivity index (χ0n) is 4.83. The van der Waals surface area contributed by atoms with E-state index < -0.39 is 6.10 Å². The van der Waals surface area contributed by atoms with Gasteiger partial charge in [-0.2, -0.15) is 0 Å². The van der Waals surface area contributed by atoms with E-state index in [9.17, 15) is 0 Å². The summed E-state index contributed by atoms with van der Waals surface area (Å²) in [6.07, 6.45) is 0.530. The van der Waals surface area contributed by atoms with Crippen molar-refractivity contribution in [3.8, 4) is 0 Å². The van der Waals surface area contributed by atoms with Crippen LogP contribution in [0.1, 0.15) is 0 Å². The lowest BCUT2D eigenvalue weighted by Crippen LogP contribution is -2.26. The minimum atomic E-state index is -0.792. The van der Waals surface area contributed by atoms with Crippen molar-refractivity contribution in [2.75, 3.05) is 7.05 Å². The lowest BCUT2D eigenvalue weighted by Gasteiger charge is -2.00. The monoisotopic (exact) mass is 114 g/mol. The summed E-state index contributed by atoms with van der Waals surface area (Å²) in [5, 5.41) is 8.75. The number of aliphatic hydroxyl groups excluding tert-OH is 1. The van der Waals surface area contributed by atoms with Crippen molar-refractivity contribution in [3.63, 3.8) is 0 Å². The van der Waals surface area contributed by atoms with Gasteiger partial charge in [0.15, 0.2) is 0 Å². The van der Waals surface area contributed by atoms with Crippen LogP contribution in [0.3, 0.4) is 0 Å². The van der Waals surface area contributed by atoms with E-state index in [-0.39, 0.29) is 5.84 Å². The maximum atomic E-state index is 8.75. The van der Waals surface area contributed by atoms with Gasteiger partial charge in [-0.15, -0.1) is 6.58 Å². The Labute approximate surface area is 48.5 Å². The van der Waals surface area contributed by atoms with Gasteiger partial charge in [-0.25, -0.2) is 0 Å². The number of hydrogen-bond acceptors (Lipinski definition) is 2. The minimum absolute atomic E-state index is 0.194. The molecule has 0 amide bonds. The Morgan fingerprint density at radius 1 is 2.00 bits per heavy atom. The van der Waals surface area contributed by atoms with Crippen LogP contribution in [0.2, 0.25) is 0 Å². The zero-order valence-corrected chi connectivity index (χ0v) is 4.83. The van der Waals surface area contributed by atoms with Crippen molar-refractivity contribution in [1.82, 2.24) is 0 Å². The van der Waals surface area contributed by atoms with Gasteiger partial charge >= 0.3 is 0 Å². The van der Waals surface area contributed by atoms with Crippen molar-refractivity contribution in [3.05, 3.63) is 12.7 Å². The minimum Gasteiger partial charge on any atom is -0.385 e. The molecule has 0 spiro atoms.